The molecule has 0 N–H and O–H groups in total. The molecule has 0 radical (unpaired) electrons. The number of benzene rings is 3. The Hall–Kier alpha value is -3.27. The van der Waals surface area contributed by atoms with Crippen LogP contribution in [-0.2, 0) is 19.6 Å². The molecule has 0 spiro atoms. The standard InChI is InChI=1S/C27H30N2O2/c1-4-22-11-13-23(14-12-22)31-19-27-28-24-8-5-6-9-25(24)29(27)16-7-17-30-26-15-10-20(2)18-21(26)3/h5-6,8-15,18H,4,7,16-17,19H2,1-3H3. The van der Waals surface area contributed by atoms with E-state index in [1.54, 1.807) is 0 Å². The van der Waals surface area contributed by atoms with Crippen LogP contribution in [0.4, 0.5) is 0 Å². The first-order valence-corrected chi connectivity index (χ1v) is 11.0. The van der Waals surface area contributed by atoms with E-state index in [9.17, 15) is 0 Å². The second-order valence-electron chi connectivity index (χ2n) is 7.93. The van der Waals surface area contributed by atoms with Gasteiger partial charge in [0.1, 0.15) is 23.9 Å². The monoisotopic (exact) mass is 414 g/mol. The highest BCUT2D eigenvalue weighted by atomic mass is 16.5. The van der Waals surface area contributed by atoms with Crippen LogP contribution >= 0.6 is 0 Å². The normalized spacial score (nSPS) is 11.1. The van der Waals surface area contributed by atoms with E-state index >= 15 is 0 Å². The molecule has 0 aliphatic carbocycles. The second kappa shape index (κ2) is 9.69. The molecule has 3 aromatic carbocycles. The third kappa shape index (κ3) is 5.08. The van der Waals surface area contributed by atoms with Crippen molar-refractivity contribution in [3.63, 3.8) is 0 Å². The van der Waals surface area contributed by atoms with Crippen LogP contribution < -0.4 is 9.47 Å². The van der Waals surface area contributed by atoms with Crippen molar-refractivity contribution >= 4 is 11.0 Å². The lowest BCUT2D eigenvalue weighted by Gasteiger charge is -2.13. The van der Waals surface area contributed by atoms with Crippen LogP contribution in [0.5, 0.6) is 11.5 Å². The van der Waals surface area contributed by atoms with Gasteiger partial charge in [-0.15, -0.1) is 0 Å². The molecule has 0 saturated carbocycles. The van der Waals surface area contributed by atoms with E-state index in [4.69, 9.17) is 14.5 Å². The van der Waals surface area contributed by atoms with Gasteiger partial charge >= 0.3 is 0 Å². The lowest BCUT2D eigenvalue weighted by molar-refractivity contribution is 0.280. The molecule has 4 rings (SSSR count). The van der Waals surface area contributed by atoms with E-state index in [-0.39, 0.29) is 0 Å². The number of imidazole rings is 1. The van der Waals surface area contributed by atoms with E-state index in [0.717, 1.165) is 47.7 Å². The number of hydrogen-bond donors (Lipinski definition) is 0. The van der Waals surface area contributed by atoms with E-state index in [0.29, 0.717) is 13.2 Å². The summed E-state index contributed by atoms with van der Waals surface area (Å²) in [6, 6.07) is 22.8. The van der Waals surface area contributed by atoms with Crippen molar-refractivity contribution in [1.82, 2.24) is 9.55 Å². The summed E-state index contributed by atoms with van der Waals surface area (Å²) in [5, 5.41) is 0. The first-order valence-electron chi connectivity index (χ1n) is 11.0. The van der Waals surface area contributed by atoms with Gasteiger partial charge in [-0.3, -0.25) is 0 Å². The molecule has 4 heteroatoms. The summed E-state index contributed by atoms with van der Waals surface area (Å²) in [7, 11) is 0. The molecule has 0 amide bonds. The van der Waals surface area contributed by atoms with Crippen LogP contribution in [0.15, 0.2) is 66.7 Å². The van der Waals surface area contributed by atoms with Gasteiger partial charge in [-0.25, -0.2) is 4.98 Å². The van der Waals surface area contributed by atoms with Crippen molar-refractivity contribution in [1.29, 1.82) is 0 Å². The zero-order valence-corrected chi connectivity index (χ0v) is 18.6. The van der Waals surface area contributed by atoms with Crippen molar-refractivity contribution in [3.05, 3.63) is 89.2 Å². The predicted molar refractivity (Wildman–Crippen MR) is 126 cm³/mol. The molecule has 0 fully saturated rings. The molecule has 160 valence electrons. The average Bonchev–Trinajstić information content (AvgIpc) is 3.14. The Balaban J connectivity index is 1.43. The number of rotatable bonds is 9. The zero-order valence-electron chi connectivity index (χ0n) is 18.6. The van der Waals surface area contributed by atoms with Crippen LogP contribution in [0.1, 0.15) is 35.9 Å². The van der Waals surface area contributed by atoms with Gasteiger partial charge in [-0.1, -0.05) is 48.9 Å². The summed E-state index contributed by atoms with van der Waals surface area (Å²) in [4.78, 5) is 4.82. The lowest BCUT2D eigenvalue weighted by atomic mass is 10.1. The van der Waals surface area contributed by atoms with Crippen molar-refractivity contribution in [2.75, 3.05) is 6.61 Å². The number of nitrogens with zero attached hydrogens (tertiary/aromatic N) is 2. The van der Waals surface area contributed by atoms with Gasteiger partial charge in [-0.05, 0) is 68.1 Å². The number of ether oxygens (including phenoxy) is 2. The molecule has 31 heavy (non-hydrogen) atoms. The van der Waals surface area contributed by atoms with Crippen molar-refractivity contribution < 1.29 is 9.47 Å². The number of para-hydroxylation sites is 2. The molecule has 4 aromatic rings. The Labute approximate surface area is 184 Å². The van der Waals surface area contributed by atoms with Gasteiger partial charge in [0.2, 0.25) is 0 Å². The molecule has 0 aliphatic rings. The quantitative estimate of drug-likeness (QED) is 0.303. The lowest BCUT2D eigenvalue weighted by Crippen LogP contribution is -2.10. The fraction of sp³-hybridized carbons (Fsp3) is 0.296. The maximum Gasteiger partial charge on any atom is 0.147 e. The van der Waals surface area contributed by atoms with Crippen molar-refractivity contribution in [2.24, 2.45) is 0 Å². The van der Waals surface area contributed by atoms with E-state index in [1.165, 1.54) is 16.7 Å². The Morgan fingerprint density at radius 2 is 1.71 bits per heavy atom. The Kier molecular flexibility index (Phi) is 6.56. The first-order chi connectivity index (χ1) is 15.1. The predicted octanol–water partition coefficient (Wildman–Crippen LogP) is 6.26. The first kappa shape index (κ1) is 21.0. The maximum atomic E-state index is 6.05. The fourth-order valence-electron chi connectivity index (χ4n) is 3.82. The highest BCUT2D eigenvalue weighted by molar-refractivity contribution is 5.75. The third-order valence-corrected chi connectivity index (χ3v) is 5.55. The van der Waals surface area contributed by atoms with Gasteiger partial charge < -0.3 is 14.0 Å². The molecule has 1 aromatic heterocycles. The van der Waals surface area contributed by atoms with E-state index in [1.807, 2.05) is 18.2 Å². The van der Waals surface area contributed by atoms with E-state index in [2.05, 4.69) is 73.9 Å². The highest BCUT2D eigenvalue weighted by Crippen LogP contribution is 2.21. The molecular formula is C27H30N2O2. The van der Waals surface area contributed by atoms with Crippen LogP contribution in [0, 0.1) is 13.8 Å². The molecule has 0 bridgehead atoms. The number of aryl methyl sites for hydroxylation is 4. The van der Waals surface area contributed by atoms with Crippen LogP contribution in [0.2, 0.25) is 0 Å². The molecule has 0 atom stereocenters. The van der Waals surface area contributed by atoms with Gasteiger partial charge in [-0.2, -0.15) is 0 Å². The molecule has 0 aliphatic heterocycles. The summed E-state index contributed by atoms with van der Waals surface area (Å²) in [6.45, 7) is 8.28. The Morgan fingerprint density at radius 1 is 0.903 bits per heavy atom. The zero-order chi connectivity index (χ0) is 21.6. The smallest absolute Gasteiger partial charge is 0.147 e. The largest absolute Gasteiger partial charge is 0.493 e. The molecule has 4 nitrogen and oxygen atoms in total. The minimum atomic E-state index is 0.443. The second-order valence-corrected chi connectivity index (χ2v) is 7.93. The van der Waals surface area contributed by atoms with Gasteiger partial charge in [0, 0.05) is 6.54 Å². The average molecular weight is 415 g/mol. The van der Waals surface area contributed by atoms with Crippen molar-refractivity contribution in [3.8, 4) is 11.5 Å². The van der Waals surface area contributed by atoms with Crippen LogP contribution in [0.3, 0.4) is 0 Å². The van der Waals surface area contributed by atoms with Crippen molar-refractivity contribution in [2.45, 2.75) is 46.8 Å². The molecule has 1 heterocycles. The summed E-state index contributed by atoms with van der Waals surface area (Å²) in [6.07, 6.45) is 1.92. The third-order valence-electron chi connectivity index (χ3n) is 5.55. The molecule has 0 unspecified atom stereocenters. The number of fused-ring (bicyclic) bond motifs is 1. The topological polar surface area (TPSA) is 36.3 Å². The maximum absolute atomic E-state index is 6.05. The Morgan fingerprint density at radius 3 is 2.48 bits per heavy atom. The Bertz CT molecular complexity index is 1150. The van der Waals surface area contributed by atoms with Crippen LogP contribution in [0.25, 0.3) is 11.0 Å². The molecular weight excluding hydrogens is 384 g/mol. The molecule has 0 saturated heterocycles. The summed E-state index contributed by atoms with van der Waals surface area (Å²) >= 11 is 0. The number of hydrogen-bond acceptors (Lipinski definition) is 3. The highest BCUT2D eigenvalue weighted by Gasteiger charge is 2.11. The summed E-state index contributed by atoms with van der Waals surface area (Å²) in [5.74, 6) is 2.77. The minimum Gasteiger partial charge on any atom is -0.493 e. The summed E-state index contributed by atoms with van der Waals surface area (Å²) in [5.41, 5.74) is 5.87. The van der Waals surface area contributed by atoms with Gasteiger partial charge in [0.25, 0.3) is 0 Å². The van der Waals surface area contributed by atoms with Gasteiger partial charge in [0.15, 0.2) is 0 Å². The fourth-order valence-corrected chi connectivity index (χ4v) is 3.82. The van der Waals surface area contributed by atoms with Gasteiger partial charge in [0.05, 0.1) is 17.6 Å². The summed E-state index contributed by atoms with van der Waals surface area (Å²) < 4.78 is 14.3. The van der Waals surface area contributed by atoms with Crippen LogP contribution in [-0.4, -0.2) is 16.2 Å². The van der Waals surface area contributed by atoms with E-state index < -0.39 is 0 Å². The SMILES string of the molecule is CCc1ccc(OCc2nc3ccccc3n2CCCOc2ccc(C)cc2C)cc1. The number of aromatic nitrogens is 2. The minimum absolute atomic E-state index is 0.443.